The fourth-order valence-electron chi connectivity index (χ4n) is 3.70. The molecule has 30 heavy (non-hydrogen) atoms. The molecule has 0 saturated carbocycles. The van der Waals surface area contributed by atoms with Gasteiger partial charge in [-0.3, -0.25) is 9.59 Å². The quantitative estimate of drug-likeness (QED) is 0.676. The number of carbonyl (C=O) groups is 2. The number of hydrogen-bond acceptors (Lipinski definition) is 4. The zero-order chi connectivity index (χ0) is 20.7. The van der Waals surface area contributed by atoms with Crippen molar-refractivity contribution in [3.8, 4) is 11.5 Å². The predicted molar refractivity (Wildman–Crippen MR) is 114 cm³/mol. The van der Waals surface area contributed by atoms with Gasteiger partial charge >= 0.3 is 0 Å². The summed E-state index contributed by atoms with van der Waals surface area (Å²) < 4.78 is 10.6. The van der Waals surface area contributed by atoms with Gasteiger partial charge in [0.05, 0.1) is 5.02 Å². The molecule has 0 fully saturated rings. The fraction of sp³-hybridized carbons (Fsp3) is 0.130. The maximum Gasteiger partial charge on any atom is 0.258 e. The Hall–Kier alpha value is -3.51. The van der Waals surface area contributed by atoms with Gasteiger partial charge in [-0.15, -0.1) is 0 Å². The Morgan fingerprint density at radius 2 is 1.77 bits per heavy atom. The van der Waals surface area contributed by atoms with Crippen molar-refractivity contribution >= 4 is 34.8 Å². The summed E-state index contributed by atoms with van der Waals surface area (Å²) >= 11 is 6.15. The number of nitrogens with one attached hydrogen (secondary N) is 1. The van der Waals surface area contributed by atoms with Crippen LogP contribution >= 0.6 is 11.6 Å². The fourth-order valence-corrected chi connectivity index (χ4v) is 3.97. The third-order valence-electron chi connectivity index (χ3n) is 5.21. The number of rotatable bonds is 3. The highest BCUT2D eigenvalue weighted by atomic mass is 35.5. The molecule has 1 N–H and O–H groups in total. The summed E-state index contributed by atoms with van der Waals surface area (Å²) in [5.41, 5.74) is 3.64. The molecule has 5 rings (SSSR count). The smallest absolute Gasteiger partial charge is 0.258 e. The number of benzene rings is 3. The van der Waals surface area contributed by atoms with Crippen LogP contribution in [0.25, 0.3) is 0 Å². The number of fused-ring (bicyclic) bond motifs is 2. The average Bonchev–Trinajstić information content (AvgIpc) is 3.41. The Labute approximate surface area is 178 Å². The van der Waals surface area contributed by atoms with Gasteiger partial charge in [-0.05, 0) is 54.4 Å². The third kappa shape index (κ3) is 3.25. The summed E-state index contributed by atoms with van der Waals surface area (Å²) in [6, 6.07) is 17.9. The molecular formula is C23H17ClN2O4. The van der Waals surface area contributed by atoms with Crippen LogP contribution in [0.5, 0.6) is 11.5 Å². The number of anilines is 2. The van der Waals surface area contributed by atoms with Gasteiger partial charge in [-0.2, -0.15) is 0 Å². The van der Waals surface area contributed by atoms with Crippen molar-refractivity contribution < 1.29 is 19.1 Å². The van der Waals surface area contributed by atoms with Gasteiger partial charge in [0.1, 0.15) is 0 Å². The average molecular weight is 421 g/mol. The van der Waals surface area contributed by atoms with Crippen molar-refractivity contribution in [3.05, 3.63) is 82.4 Å². The van der Waals surface area contributed by atoms with Gasteiger partial charge in [-0.1, -0.05) is 29.8 Å². The molecule has 3 aromatic rings. The van der Waals surface area contributed by atoms with Gasteiger partial charge in [0.25, 0.3) is 11.8 Å². The molecule has 0 aliphatic carbocycles. The second kappa shape index (κ2) is 7.39. The van der Waals surface area contributed by atoms with Crippen LogP contribution in [-0.2, 0) is 6.42 Å². The van der Waals surface area contributed by atoms with Crippen molar-refractivity contribution in [2.24, 2.45) is 0 Å². The van der Waals surface area contributed by atoms with E-state index in [1.807, 2.05) is 24.3 Å². The molecule has 0 unspecified atom stereocenters. The Morgan fingerprint density at radius 3 is 2.60 bits per heavy atom. The largest absolute Gasteiger partial charge is 0.454 e. The molecule has 0 spiro atoms. The molecule has 2 heterocycles. The first-order chi connectivity index (χ1) is 14.6. The van der Waals surface area contributed by atoms with E-state index in [1.165, 1.54) is 11.6 Å². The first-order valence-corrected chi connectivity index (χ1v) is 9.88. The topological polar surface area (TPSA) is 67.9 Å². The Bertz CT molecular complexity index is 1160. The Morgan fingerprint density at radius 1 is 0.967 bits per heavy atom. The van der Waals surface area contributed by atoms with E-state index in [2.05, 4.69) is 5.32 Å². The lowest BCUT2D eigenvalue weighted by Crippen LogP contribution is -2.28. The lowest BCUT2D eigenvalue weighted by molar-refractivity contribution is 0.0988. The van der Waals surface area contributed by atoms with Crippen molar-refractivity contribution in [3.63, 3.8) is 0 Å². The van der Waals surface area contributed by atoms with Crippen molar-refractivity contribution in [1.82, 2.24) is 0 Å². The molecule has 6 nitrogen and oxygen atoms in total. The highest BCUT2D eigenvalue weighted by Gasteiger charge is 2.25. The Kier molecular flexibility index (Phi) is 4.56. The Balaban J connectivity index is 1.31. The molecule has 0 aromatic heterocycles. The normalized spacial score (nSPS) is 13.8. The minimum absolute atomic E-state index is 0.0552. The summed E-state index contributed by atoms with van der Waals surface area (Å²) in [7, 11) is 0. The predicted octanol–water partition coefficient (Wildman–Crippen LogP) is 4.52. The molecule has 3 aromatic carbocycles. The zero-order valence-corrected chi connectivity index (χ0v) is 16.6. The van der Waals surface area contributed by atoms with Crippen molar-refractivity contribution in [1.29, 1.82) is 0 Å². The van der Waals surface area contributed by atoms with Crippen LogP contribution in [0.4, 0.5) is 11.4 Å². The minimum atomic E-state index is -0.331. The minimum Gasteiger partial charge on any atom is -0.454 e. The number of nitrogens with zero attached hydrogens (tertiary/aromatic N) is 1. The molecule has 0 bridgehead atoms. The van der Waals surface area contributed by atoms with E-state index >= 15 is 0 Å². The standard InChI is InChI=1S/C23H17ClN2O4/c24-18-11-16(12-20-21(18)30-13-29-20)22(27)25-17-7-5-15(6-8-17)23(28)26-10-9-14-3-1-2-4-19(14)26/h1-8,11-12H,9-10,13H2,(H,25,27). The zero-order valence-electron chi connectivity index (χ0n) is 15.9. The summed E-state index contributed by atoms with van der Waals surface area (Å²) in [6.07, 6.45) is 0.855. The van der Waals surface area contributed by atoms with Crippen LogP contribution in [0.15, 0.2) is 60.7 Å². The molecule has 150 valence electrons. The van der Waals surface area contributed by atoms with Gasteiger partial charge in [-0.25, -0.2) is 0 Å². The SMILES string of the molecule is O=C(Nc1ccc(C(=O)N2CCc3ccccc32)cc1)c1cc(Cl)c2c(c1)OCO2. The molecule has 0 radical (unpaired) electrons. The van der Waals surface area contributed by atoms with Gasteiger partial charge < -0.3 is 19.7 Å². The highest BCUT2D eigenvalue weighted by molar-refractivity contribution is 6.32. The van der Waals surface area contributed by atoms with E-state index in [9.17, 15) is 9.59 Å². The lowest BCUT2D eigenvalue weighted by atomic mass is 10.1. The molecule has 2 aliphatic heterocycles. The van der Waals surface area contributed by atoms with Crippen LogP contribution < -0.4 is 19.7 Å². The monoisotopic (exact) mass is 420 g/mol. The number of para-hydroxylation sites is 1. The van der Waals surface area contributed by atoms with Crippen LogP contribution in [0.3, 0.4) is 0 Å². The number of amides is 2. The first-order valence-electron chi connectivity index (χ1n) is 9.50. The summed E-state index contributed by atoms with van der Waals surface area (Å²) in [5.74, 6) is 0.502. The molecule has 0 saturated heterocycles. The second-order valence-electron chi connectivity index (χ2n) is 7.06. The lowest BCUT2D eigenvalue weighted by Gasteiger charge is -2.17. The summed E-state index contributed by atoms with van der Waals surface area (Å²) in [4.78, 5) is 27.3. The van der Waals surface area contributed by atoms with Crippen molar-refractivity contribution in [2.45, 2.75) is 6.42 Å². The maximum atomic E-state index is 12.9. The molecule has 7 heteroatoms. The maximum absolute atomic E-state index is 12.9. The molecule has 0 atom stereocenters. The van der Waals surface area contributed by atoms with Gasteiger partial charge in [0.15, 0.2) is 11.5 Å². The number of hydrogen-bond donors (Lipinski definition) is 1. The molecule has 2 amide bonds. The van der Waals surface area contributed by atoms with E-state index in [0.29, 0.717) is 39.9 Å². The summed E-state index contributed by atoms with van der Waals surface area (Å²) in [5, 5.41) is 3.13. The first kappa shape index (κ1) is 18.5. The van der Waals surface area contributed by atoms with E-state index < -0.39 is 0 Å². The van der Waals surface area contributed by atoms with Gasteiger partial charge in [0.2, 0.25) is 6.79 Å². The van der Waals surface area contributed by atoms with E-state index in [-0.39, 0.29) is 18.6 Å². The van der Waals surface area contributed by atoms with Crippen molar-refractivity contribution in [2.75, 3.05) is 23.6 Å². The van der Waals surface area contributed by atoms with E-state index in [0.717, 1.165) is 12.1 Å². The molecular weight excluding hydrogens is 404 g/mol. The summed E-state index contributed by atoms with van der Waals surface area (Å²) in [6.45, 7) is 0.749. The van der Waals surface area contributed by atoms with Crippen LogP contribution in [0, 0.1) is 0 Å². The van der Waals surface area contributed by atoms with E-state index in [1.54, 1.807) is 35.2 Å². The van der Waals surface area contributed by atoms with Crippen LogP contribution in [0.2, 0.25) is 5.02 Å². The van der Waals surface area contributed by atoms with Crippen LogP contribution in [-0.4, -0.2) is 25.2 Å². The number of carbonyl (C=O) groups excluding carboxylic acids is 2. The molecule has 2 aliphatic rings. The second-order valence-corrected chi connectivity index (χ2v) is 7.47. The number of halogens is 1. The van der Waals surface area contributed by atoms with Gasteiger partial charge in [0, 0.05) is 29.0 Å². The van der Waals surface area contributed by atoms with Crippen LogP contribution in [0.1, 0.15) is 26.3 Å². The third-order valence-corrected chi connectivity index (χ3v) is 5.49. The highest BCUT2D eigenvalue weighted by Crippen LogP contribution is 2.40. The number of ether oxygens (including phenoxy) is 2. The van der Waals surface area contributed by atoms with E-state index in [4.69, 9.17) is 21.1 Å².